The lowest BCUT2D eigenvalue weighted by molar-refractivity contribution is 0.415. The molecule has 0 fully saturated rings. The molecule has 1 aliphatic rings. The van der Waals surface area contributed by atoms with E-state index in [0.29, 0.717) is 0 Å². The van der Waals surface area contributed by atoms with Crippen molar-refractivity contribution in [3.63, 3.8) is 0 Å². The monoisotopic (exact) mass is 764 g/mol. The fourth-order valence-electron chi connectivity index (χ4n) is 10.2. The van der Waals surface area contributed by atoms with E-state index in [4.69, 9.17) is 9.97 Å². The zero-order valence-corrected chi connectivity index (χ0v) is 33.0. The maximum absolute atomic E-state index is 5.52. The van der Waals surface area contributed by atoms with Crippen molar-refractivity contribution < 1.29 is 0 Å². The molecule has 0 saturated carbocycles. The van der Waals surface area contributed by atoms with Crippen LogP contribution in [0.15, 0.2) is 243 Å². The molecular formula is C58H40N2. The van der Waals surface area contributed by atoms with Gasteiger partial charge in [0, 0.05) is 16.7 Å². The quantitative estimate of drug-likeness (QED) is 0.162. The third-order valence-corrected chi connectivity index (χ3v) is 12.5. The maximum Gasteiger partial charge on any atom is 0.0973 e. The van der Waals surface area contributed by atoms with Crippen molar-refractivity contribution in [1.82, 2.24) is 9.97 Å². The van der Waals surface area contributed by atoms with Crippen molar-refractivity contribution in [2.45, 2.75) is 10.8 Å². The second kappa shape index (κ2) is 14.6. The number of fused-ring (bicyclic) bond motifs is 4. The first-order chi connectivity index (χ1) is 29.8. The van der Waals surface area contributed by atoms with Crippen LogP contribution in [-0.2, 0) is 10.8 Å². The summed E-state index contributed by atoms with van der Waals surface area (Å²) >= 11 is 0. The highest BCUT2D eigenvalue weighted by atomic mass is 14.8. The van der Waals surface area contributed by atoms with Crippen molar-refractivity contribution in [2.24, 2.45) is 0 Å². The van der Waals surface area contributed by atoms with Gasteiger partial charge in [0.15, 0.2) is 0 Å². The molecule has 60 heavy (non-hydrogen) atoms. The zero-order valence-electron chi connectivity index (χ0n) is 33.0. The fourth-order valence-corrected chi connectivity index (χ4v) is 10.2. The van der Waals surface area contributed by atoms with Crippen molar-refractivity contribution in [2.75, 3.05) is 0 Å². The molecule has 0 radical (unpaired) electrons. The number of benzene rings is 9. The minimum absolute atomic E-state index is 0.674. The van der Waals surface area contributed by atoms with E-state index in [2.05, 4.69) is 231 Å². The summed E-state index contributed by atoms with van der Waals surface area (Å²) < 4.78 is 0. The average molecular weight is 765 g/mol. The van der Waals surface area contributed by atoms with Gasteiger partial charge in [-0.3, -0.25) is 0 Å². The highest BCUT2D eigenvalue weighted by Gasteiger charge is 2.61. The lowest BCUT2D eigenvalue weighted by atomic mass is 9.43. The van der Waals surface area contributed by atoms with Gasteiger partial charge in [0.2, 0.25) is 0 Å². The van der Waals surface area contributed by atoms with E-state index < -0.39 is 10.8 Å². The maximum atomic E-state index is 5.52. The summed E-state index contributed by atoms with van der Waals surface area (Å²) in [6, 6.07) is 88.1. The zero-order chi connectivity index (χ0) is 39.9. The lowest BCUT2D eigenvalue weighted by Gasteiger charge is -2.57. The van der Waals surface area contributed by atoms with Gasteiger partial charge in [0.05, 0.1) is 33.3 Å². The van der Waals surface area contributed by atoms with Crippen molar-refractivity contribution in [3.05, 3.63) is 276 Å². The Bertz CT molecular complexity index is 3030. The number of aromatic nitrogens is 2. The number of nitrogens with zero attached hydrogens (tertiary/aromatic N) is 2. The average Bonchev–Trinajstić information content (AvgIpc) is 3.34. The highest BCUT2D eigenvalue weighted by Crippen LogP contribution is 2.65. The molecule has 2 heteroatoms. The Labute approximate surface area is 351 Å². The Morgan fingerprint density at radius 3 is 1.17 bits per heavy atom. The molecule has 0 amide bonds. The molecule has 0 N–H and O–H groups in total. The Balaban J connectivity index is 1.25. The second-order valence-corrected chi connectivity index (χ2v) is 15.6. The first kappa shape index (κ1) is 35.5. The largest absolute Gasteiger partial charge is 0.244 e. The molecule has 9 aromatic carbocycles. The summed E-state index contributed by atoms with van der Waals surface area (Å²) in [4.78, 5) is 10.9. The number of hydrogen-bond donors (Lipinski definition) is 0. The van der Waals surface area contributed by atoms with E-state index in [1.807, 2.05) is 12.1 Å². The molecule has 282 valence electrons. The number of para-hydroxylation sites is 1. The van der Waals surface area contributed by atoms with Crippen molar-refractivity contribution in [3.8, 4) is 44.8 Å². The van der Waals surface area contributed by atoms with Gasteiger partial charge in [-0.2, -0.15) is 0 Å². The minimum atomic E-state index is -0.704. The SMILES string of the molecule is c1ccc(-c2nc3cccc(-c4ccc5c(c4)-c4ccccc4C(c4ccccc4)(c4ccccc4)C5(c4ccccc4)c4ccccc4)c3nc2-c2ccccc2)cc1. The van der Waals surface area contributed by atoms with Crippen LogP contribution in [0.4, 0.5) is 0 Å². The molecule has 0 bridgehead atoms. The third-order valence-electron chi connectivity index (χ3n) is 12.5. The topological polar surface area (TPSA) is 25.8 Å². The molecular weight excluding hydrogens is 725 g/mol. The Hall–Kier alpha value is -7.68. The van der Waals surface area contributed by atoms with Crippen molar-refractivity contribution in [1.29, 1.82) is 0 Å². The van der Waals surface area contributed by atoms with E-state index >= 15 is 0 Å². The Kier molecular flexibility index (Phi) is 8.64. The first-order valence-electron chi connectivity index (χ1n) is 20.7. The van der Waals surface area contributed by atoms with Crippen LogP contribution in [0.1, 0.15) is 33.4 Å². The summed E-state index contributed by atoms with van der Waals surface area (Å²) in [7, 11) is 0. The normalized spacial score (nSPS) is 13.6. The smallest absolute Gasteiger partial charge is 0.0973 e. The molecule has 1 aromatic heterocycles. The van der Waals surface area contributed by atoms with E-state index in [1.54, 1.807) is 0 Å². The molecule has 0 aliphatic heterocycles. The molecule has 1 aliphatic carbocycles. The van der Waals surface area contributed by atoms with Crippen LogP contribution in [0.2, 0.25) is 0 Å². The number of hydrogen-bond acceptors (Lipinski definition) is 2. The third kappa shape index (κ3) is 5.35. The fraction of sp³-hybridized carbons (Fsp3) is 0.0345. The van der Waals surface area contributed by atoms with Gasteiger partial charge in [-0.25, -0.2) is 9.97 Å². The predicted octanol–water partition coefficient (Wildman–Crippen LogP) is 14.0. The second-order valence-electron chi connectivity index (χ2n) is 15.6. The summed E-state index contributed by atoms with van der Waals surface area (Å²) in [5.74, 6) is 0. The van der Waals surface area contributed by atoms with Crippen LogP contribution in [0.3, 0.4) is 0 Å². The van der Waals surface area contributed by atoms with Gasteiger partial charge in [0.25, 0.3) is 0 Å². The minimum Gasteiger partial charge on any atom is -0.244 e. The summed E-state index contributed by atoms with van der Waals surface area (Å²) in [6.07, 6.45) is 0. The van der Waals surface area contributed by atoms with Gasteiger partial charge in [-0.15, -0.1) is 0 Å². The van der Waals surface area contributed by atoms with Gasteiger partial charge >= 0.3 is 0 Å². The van der Waals surface area contributed by atoms with Crippen molar-refractivity contribution >= 4 is 11.0 Å². The lowest BCUT2D eigenvalue weighted by Crippen LogP contribution is -2.54. The first-order valence-corrected chi connectivity index (χ1v) is 20.7. The molecule has 0 unspecified atom stereocenters. The molecule has 2 nitrogen and oxygen atoms in total. The van der Waals surface area contributed by atoms with E-state index in [-0.39, 0.29) is 0 Å². The van der Waals surface area contributed by atoms with Gasteiger partial charge in [0.1, 0.15) is 0 Å². The molecule has 0 spiro atoms. The van der Waals surface area contributed by atoms with Gasteiger partial charge in [-0.1, -0.05) is 231 Å². The van der Waals surface area contributed by atoms with Gasteiger partial charge < -0.3 is 0 Å². The summed E-state index contributed by atoms with van der Waals surface area (Å²) in [6.45, 7) is 0. The molecule has 0 saturated heterocycles. The van der Waals surface area contributed by atoms with Crippen LogP contribution < -0.4 is 0 Å². The van der Waals surface area contributed by atoms with Crippen LogP contribution in [0.5, 0.6) is 0 Å². The molecule has 0 atom stereocenters. The summed E-state index contributed by atoms with van der Waals surface area (Å²) in [5, 5.41) is 0. The predicted molar refractivity (Wildman–Crippen MR) is 247 cm³/mol. The highest BCUT2D eigenvalue weighted by molar-refractivity contribution is 5.97. The van der Waals surface area contributed by atoms with Crippen LogP contribution in [0.25, 0.3) is 55.8 Å². The molecule has 11 rings (SSSR count). The summed E-state index contributed by atoms with van der Waals surface area (Å²) in [5.41, 5.74) is 16.2. The standard InChI is InChI=1S/C58H40N2/c1-7-22-41(23-8-1)54-55(42-24-9-2-10-25-42)60-56-48(35-21-37-53(56)59-54)43-38-39-52-50(40-43)49-34-19-20-36-51(49)57(44-26-11-3-12-27-44,45-28-13-4-14-29-45)58(52,46-30-15-5-16-31-46)47-32-17-6-18-33-47/h1-40H. The van der Waals surface area contributed by atoms with Crippen LogP contribution in [-0.4, -0.2) is 9.97 Å². The van der Waals surface area contributed by atoms with E-state index in [0.717, 1.165) is 44.7 Å². The number of rotatable bonds is 7. The van der Waals surface area contributed by atoms with E-state index in [1.165, 1.54) is 44.5 Å². The molecule has 10 aromatic rings. The van der Waals surface area contributed by atoms with Crippen LogP contribution in [0, 0.1) is 0 Å². The van der Waals surface area contributed by atoms with Crippen LogP contribution >= 0.6 is 0 Å². The Morgan fingerprint density at radius 2 is 0.667 bits per heavy atom. The van der Waals surface area contributed by atoms with Gasteiger partial charge in [-0.05, 0) is 62.2 Å². The van der Waals surface area contributed by atoms with E-state index in [9.17, 15) is 0 Å². The molecule has 1 heterocycles. The Morgan fingerprint density at radius 1 is 0.267 bits per heavy atom.